The van der Waals surface area contributed by atoms with Crippen LogP contribution in [0.15, 0.2) is 145 Å². The van der Waals surface area contributed by atoms with Gasteiger partial charge in [0.05, 0.1) is 44.8 Å². The minimum absolute atomic E-state index is 0.0296. The van der Waals surface area contributed by atoms with Gasteiger partial charge < -0.3 is 4.57 Å². The van der Waals surface area contributed by atoms with E-state index in [1.165, 1.54) is 0 Å². The quantitative estimate of drug-likeness (QED) is 0.202. The molecule has 0 fully saturated rings. The molecule has 0 saturated heterocycles. The van der Waals surface area contributed by atoms with E-state index in [9.17, 15) is 0 Å². The van der Waals surface area contributed by atoms with Crippen LogP contribution >= 0.6 is 11.3 Å². The van der Waals surface area contributed by atoms with Crippen molar-refractivity contribution in [1.29, 1.82) is 0 Å². The van der Waals surface area contributed by atoms with Crippen molar-refractivity contribution in [1.82, 2.24) is 19.1 Å². The summed E-state index contributed by atoms with van der Waals surface area (Å²) < 4.78 is 82.6. The van der Waals surface area contributed by atoms with Gasteiger partial charge in [0.1, 0.15) is 4.83 Å². The molecule has 0 N–H and O–H groups in total. The summed E-state index contributed by atoms with van der Waals surface area (Å²) >= 11 is 1.62. The third-order valence-corrected chi connectivity index (χ3v) is 9.57. The van der Waals surface area contributed by atoms with E-state index in [1.54, 1.807) is 11.3 Å². The number of aromatic nitrogens is 4. The molecule has 0 bridgehead atoms. The number of para-hydroxylation sites is 4. The molecule has 0 unspecified atom stereocenters. The zero-order chi connectivity index (χ0) is 37.3. The lowest BCUT2D eigenvalue weighted by atomic mass is 10.1. The Balaban J connectivity index is 1.41. The average Bonchev–Trinajstić information content (AvgIpc) is 3.85. The lowest BCUT2D eigenvalue weighted by molar-refractivity contribution is 1.02. The zero-order valence-electron chi connectivity index (χ0n) is 32.4. The van der Waals surface area contributed by atoms with E-state index in [-0.39, 0.29) is 28.1 Å². The molecule has 0 spiro atoms. The predicted molar refractivity (Wildman–Crippen MR) is 189 cm³/mol. The van der Waals surface area contributed by atoms with Gasteiger partial charge in [0.2, 0.25) is 5.95 Å². The van der Waals surface area contributed by atoms with Crippen molar-refractivity contribution in [2.45, 2.75) is 0 Å². The Bertz CT molecular complexity index is 3250. The first kappa shape index (κ1) is 17.5. The Morgan fingerprint density at radius 1 is 0.556 bits per heavy atom. The molecule has 45 heavy (non-hydrogen) atoms. The Kier molecular flexibility index (Phi) is 3.64. The van der Waals surface area contributed by atoms with Gasteiger partial charge in [-0.25, -0.2) is 9.97 Å². The molecule has 0 aliphatic carbocycles. The summed E-state index contributed by atoms with van der Waals surface area (Å²) in [7, 11) is 0. The van der Waals surface area contributed by atoms with Gasteiger partial charge in [-0.1, -0.05) is 115 Å². The van der Waals surface area contributed by atoms with Crippen LogP contribution in [0.3, 0.4) is 0 Å². The second-order valence-electron chi connectivity index (χ2n) is 10.8. The van der Waals surface area contributed by atoms with Crippen molar-refractivity contribution in [3.05, 3.63) is 145 Å². The molecule has 6 aromatic carbocycles. The SMILES string of the molecule is [2H]c1c([2H])c([2H])c(-c2nc(-n3c4ccccc4c4ccc5c(sc6c5c5ccccc5n6-c5ccccc5)c43)nc3c([2H])c([2H])c([2H])c([2H])c23)c([2H])c1[2H]. The summed E-state index contributed by atoms with van der Waals surface area (Å²) in [6.45, 7) is 0. The molecule has 4 aromatic heterocycles. The molecule has 4 heterocycles. The maximum absolute atomic E-state index is 8.94. The van der Waals surface area contributed by atoms with E-state index in [0.29, 0.717) is 0 Å². The molecule has 0 aliphatic heterocycles. The molecule has 0 radical (unpaired) electrons. The van der Waals surface area contributed by atoms with E-state index < -0.39 is 54.4 Å². The van der Waals surface area contributed by atoms with Crippen LogP contribution in [-0.4, -0.2) is 19.1 Å². The van der Waals surface area contributed by atoms with Crippen LogP contribution in [0.5, 0.6) is 0 Å². The Labute approximate surface area is 274 Å². The third kappa shape index (κ3) is 3.47. The number of thiophene rings is 1. The van der Waals surface area contributed by atoms with Crippen LogP contribution < -0.4 is 0 Å². The minimum Gasteiger partial charge on any atom is -0.301 e. The van der Waals surface area contributed by atoms with E-state index in [0.717, 1.165) is 58.7 Å². The highest BCUT2D eigenvalue weighted by Crippen LogP contribution is 2.47. The second-order valence-corrected chi connectivity index (χ2v) is 11.8. The van der Waals surface area contributed by atoms with Gasteiger partial charge in [-0.15, -0.1) is 11.3 Å². The average molecular weight is 602 g/mol. The van der Waals surface area contributed by atoms with Crippen LogP contribution in [-0.2, 0) is 0 Å². The normalized spacial score (nSPS) is 14.8. The van der Waals surface area contributed by atoms with Crippen LogP contribution in [0.4, 0.5) is 0 Å². The largest absolute Gasteiger partial charge is 0.301 e. The fourth-order valence-electron chi connectivity index (χ4n) is 6.53. The molecule has 0 saturated carbocycles. The molecule has 10 aromatic rings. The minimum atomic E-state index is -0.588. The molecular weight excluding hydrogens is 569 g/mol. The predicted octanol–water partition coefficient (Wildman–Crippen LogP) is 10.7. The first-order valence-electron chi connectivity index (χ1n) is 18.9. The van der Waals surface area contributed by atoms with Crippen molar-refractivity contribution in [2.24, 2.45) is 0 Å². The smallest absolute Gasteiger partial charge is 0.235 e. The van der Waals surface area contributed by atoms with Gasteiger partial charge in [-0.2, -0.15) is 0 Å². The lowest BCUT2D eigenvalue weighted by Crippen LogP contribution is -2.03. The Hall–Kier alpha value is -5.78. The number of fused-ring (bicyclic) bond motifs is 10. The molecule has 0 atom stereocenters. The third-order valence-electron chi connectivity index (χ3n) is 8.37. The van der Waals surface area contributed by atoms with Gasteiger partial charge in [-0.05, 0) is 30.3 Å². The number of rotatable bonds is 3. The van der Waals surface area contributed by atoms with Crippen molar-refractivity contribution < 1.29 is 12.3 Å². The topological polar surface area (TPSA) is 35.6 Å². The van der Waals surface area contributed by atoms with Crippen molar-refractivity contribution >= 4 is 75.3 Å². The molecular formula is C40H24N4S. The van der Waals surface area contributed by atoms with Crippen molar-refractivity contribution in [3.8, 4) is 22.9 Å². The summed E-state index contributed by atoms with van der Waals surface area (Å²) in [5, 5.41) is 4.84. The van der Waals surface area contributed by atoms with E-state index >= 15 is 0 Å². The highest BCUT2D eigenvalue weighted by atomic mass is 32.1. The second kappa shape index (κ2) is 9.36. The van der Waals surface area contributed by atoms with Crippen molar-refractivity contribution in [2.75, 3.05) is 0 Å². The summed E-state index contributed by atoms with van der Waals surface area (Å²) in [6, 6.07) is 25.6. The fraction of sp³-hybridized carbons (Fsp3) is 0. The van der Waals surface area contributed by atoms with Crippen LogP contribution in [0.25, 0.3) is 86.8 Å². The molecule has 10 rings (SSSR count). The molecule has 0 amide bonds. The van der Waals surface area contributed by atoms with E-state index in [2.05, 4.69) is 41.0 Å². The first-order chi connectivity index (χ1) is 26.1. The van der Waals surface area contributed by atoms with E-state index in [1.807, 2.05) is 59.2 Å². The number of nitrogens with zero attached hydrogens (tertiary/aromatic N) is 4. The lowest BCUT2D eigenvalue weighted by Gasteiger charge is -2.12. The summed E-state index contributed by atoms with van der Waals surface area (Å²) in [6.07, 6.45) is 0. The molecule has 5 heteroatoms. The zero-order valence-corrected chi connectivity index (χ0v) is 24.2. The number of hydrogen-bond donors (Lipinski definition) is 0. The van der Waals surface area contributed by atoms with Gasteiger partial charge in [0.15, 0.2) is 0 Å². The van der Waals surface area contributed by atoms with Crippen molar-refractivity contribution in [3.63, 3.8) is 0 Å². The Morgan fingerprint density at radius 2 is 1.24 bits per heavy atom. The monoisotopic (exact) mass is 601 g/mol. The molecule has 0 aliphatic rings. The molecule has 210 valence electrons. The number of hydrogen-bond acceptors (Lipinski definition) is 3. The van der Waals surface area contributed by atoms with Gasteiger partial charge in [0, 0.05) is 43.6 Å². The number of benzene rings is 6. The maximum atomic E-state index is 8.94. The van der Waals surface area contributed by atoms with Crippen LogP contribution in [0.1, 0.15) is 12.3 Å². The first-order valence-corrected chi connectivity index (χ1v) is 15.2. The Morgan fingerprint density at radius 3 is 2.09 bits per heavy atom. The van der Waals surface area contributed by atoms with Gasteiger partial charge in [-0.3, -0.25) is 4.57 Å². The maximum Gasteiger partial charge on any atom is 0.235 e. The summed E-state index contributed by atoms with van der Waals surface area (Å²) in [5.74, 6) is 0.0296. The van der Waals surface area contributed by atoms with Crippen LogP contribution in [0.2, 0.25) is 0 Å². The molecule has 4 nitrogen and oxygen atoms in total. The van der Waals surface area contributed by atoms with E-state index in [4.69, 9.17) is 22.3 Å². The van der Waals surface area contributed by atoms with Gasteiger partial charge in [0.25, 0.3) is 0 Å². The standard InChI is InChI=1S/C40H24N4S/c1-3-13-25(14-4-1)36-29-18-7-10-20-32(29)41-40(42-36)44-33-21-11-8-17-27(33)28-23-24-31-35-30-19-9-12-22-34(30)43(26-15-5-2-6-16-26)39(35)45-38(31)37(28)44/h1-24H/i1D,3D,4D,7D,10D,13D,14D,18D,20D. The highest BCUT2D eigenvalue weighted by molar-refractivity contribution is 7.26. The summed E-state index contributed by atoms with van der Waals surface area (Å²) in [4.78, 5) is 10.8. The van der Waals surface area contributed by atoms with Crippen LogP contribution in [0, 0.1) is 0 Å². The van der Waals surface area contributed by atoms with Gasteiger partial charge >= 0.3 is 0 Å². The highest BCUT2D eigenvalue weighted by Gasteiger charge is 2.23. The summed E-state index contributed by atoms with van der Waals surface area (Å²) in [5.41, 5.74) is 2.98. The fourth-order valence-corrected chi connectivity index (χ4v) is 7.92.